The van der Waals surface area contributed by atoms with Gasteiger partial charge in [0.25, 0.3) is 0 Å². The molecule has 0 bridgehead atoms. The van der Waals surface area contributed by atoms with Crippen LogP contribution in [0.15, 0.2) is 42.1 Å². The van der Waals surface area contributed by atoms with Gasteiger partial charge in [-0.2, -0.15) is 0 Å². The van der Waals surface area contributed by atoms with Crippen molar-refractivity contribution in [2.24, 2.45) is 5.92 Å². The minimum Gasteiger partial charge on any atom is -0.316 e. The number of carbonyl (C=O) groups excluding carboxylic acids is 1. The summed E-state index contributed by atoms with van der Waals surface area (Å²) in [5, 5.41) is 0. The second-order valence-corrected chi connectivity index (χ2v) is 10.5. The van der Waals surface area contributed by atoms with Crippen molar-refractivity contribution < 1.29 is 4.79 Å². The zero-order valence-electron chi connectivity index (χ0n) is 19.5. The van der Waals surface area contributed by atoms with Gasteiger partial charge in [0.05, 0.1) is 24.0 Å². The van der Waals surface area contributed by atoms with E-state index in [-0.39, 0.29) is 17.1 Å². The number of amides is 2. The molecule has 4 fully saturated rings. The normalized spacial score (nSPS) is 31.4. The molecule has 5 heteroatoms. The van der Waals surface area contributed by atoms with Crippen molar-refractivity contribution in [2.45, 2.75) is 69.4 Å². The topological polar surface area (TPSA) is 39.7 Å². The molecule has 1 saturated heterocycles. The van der Waals surface area contributed by atoms with Gasteiger partial charge in [-0.3, -0.25) is 14.8 Å². The van der Waals surface area contributed by atoms with E-state index in [1.807, 2.05) is 11.1 Å². The molecule has 1 aliphatic heterocycles. The number of aromatic nitrogens is 1. The van der Waals surface area contributed by atoms with Gasteiger partial charge in [0, 0.05) is 23.7 Å². The van der Waals surface area contributed by atoms with Crippen molar-refractivity contribution in [3.8, 4) is 0 Å². The fraction of sp³-hybridized carbons (Fsp3) is 0.615. The zero-order valence-corrected chi connectivity index (χ0v) is 19.5. The third-order valence-electron chi connectivity index (χ3n) is 8.07. The molecule has 2 amide bonds. The minimum atomic E-state index is -0.0792. The van der Waals surface area contributed by atoms with Crippen LogP contribution in [0.4, 0.5) is 10.5 Å². The summed E-state index contributed by atoms with van der Waals surface area (Å²) in [4.78, 5) is 24.9. The van der Waals surface area contributed by atoms with E-state index in [0.717, 1.165) is 31.6 Å². The van der Waals surface area contributed by atoms with E-state index >= 15 is 0 Å². The molecular formula is C26H36N4O. The van der Waals surface area contributed by atoms with Crippen LogP contribution < -0.4 is 4.90 Å². The highest BCUT2D eigenvalue weighted by Gasteiger charge is 2.65. The first-order chi connectivity index (χ1) is 14.9. The average Bonchev–Trinajstić information content (AvgIpc) is 3.64. The van der Waals surface area contributed by atoms with Crippen LogP contribution in [0.3, 0.4) is 0 Å². The minimum absolute atomic E-state index is 0.0195. The lowest BCUT2D eigenvalue weighted by Gasteiger charge is -2.61. The molecular weight excluding hydrogens is 384 g/mol. The predicted molar refractivity (Wildman–Crippen MR) is 125 cm³/mol. The van der Waals surface area contributed by atoms with Gasteiger partial charge in [-0.15, -0.1) is 0 Å². The molecule has 0 radical (unpaired) electrons. The first-order valence-electron chi connectivity index (χ1n) is 11.9. The van der Waals surface area contributed by atoms with Crippen LogP contribution in [0.1, 0.15) is 64.0 Å². The maximum Gasteiger partial charge on any atom is 0.325 e. The van der Waals surface area contributed by atoms with Crippen molar-refractivity contribution in [1.82, 2.24) is 14.8 Å². The average molecular weight is 421 g/mol. The Bertz CT molecular complexity index is 902. The van der Waals surface area contributed by atoms with E-state index in [4.69, 9.17) is 4.98 Å². The highest BCUT2D eigenvalue weighted by Crippen LogP contribution is 2.56. The second-order valence-electron chi connectivity index (χ2n) is 10.5. The Morgan fingerprint density at radius 3 is 2.52 bits per heavy atom. The number of anilines is 1. The molecule has 1 aromatic rings. The lowest BCUT2D eigenvalue weighted by molar-refractivity contribution is -0.0405. The summed E-state index contributed by atoms with van der Waals surface area (Å²) in [5.41, 5.74) is 3.46. The van der Waals surface area contributed by atoms with Crippen molar-refractivity contribution in [2.75, 3.05) is 32.1 Å². The highest BCUT2D eigenvalue weighted by molar-refractivity contribution is 5.95. The van der Waals surface area contributed by atoms with Crippen molar-refractivity contribution in [3.63, 3.8) is 0 Å². The molecule has 1 aromatic heterocycles. The molecule has 3 saturated carbocycles. The van der Waals surface area contributed by atoms with Gasteiger partial charge in [0.1, 0.15) is 0 Å². The molecule has 0 atom stereocenters. The van der Waals surface area contributed by atoms with Gasteiger partial charge in [-0.1, -0.05) is 23.8 Å². The van der Waals surface area contributed by atoms with Crippen molar-refractivity contribution in [1.29, 1.82) is 0 Å². The van der Waals surface area contributed by atoms with E-state index in [2.05, 4.69) is 68.1 Å². The van der Waals surface area contributed by atoms with Gasteiger partial charge < -0.3 is 4.90 Å². The third-order valence-corrected chi connectivity index (χ3v) is 8.07. The van der Waals surface area contributed by atoms with Crippen LogP contribution in [-0.2, 0) is 0 Å². The fourth-order valence-corrected chi connectivity index (χ4v) is 5.69. The Balaban J connectivity index is 1.42. The summed E-state index contributed by atoms with van der Waals surface area (Å²) in [6.07, 6.45) is 15.4. The monoisotopic (exact) mass is 420 g/mol. The summed E-state index contributed by atoms with van der Waals surface area (Å²) >= 11 is 0. The number of allylic oxidation sites excluding steroid dienone is 3. The van der Waals surface area contributed by atoms with Gasteiger partial charge in [0.15, 0.2) is 0 Å². The number of hydrogen-bond acceptors (Lipinski definition) is 3. The number of carbonyl (C=O) groups is 1. The number of nitrogens with zero attached hydrogens (tertiary/aromatic N) is 4. The number of pyridine rings is 1. The Hall–Kier alpha value is -2.14. The Kier molecular flexibility index (Phi) is 5.00. The van der Waals surface area contributed by atoms with Crippen molar-refractivity contribution in [3.05, 3.63) is 47.8 Å². The first kappa shape index (κ1) is 20.7. The standard InChI is InChI=1S/C26H36N4O/c1-5-6-7-19(2)26(28(3)4)16-25(17-26)18-29(24(31)30(25)15-20-8-9-20)22-12-13-23(27-14-22)21-10-11-21/h5-7,12-14,20-21H,8-11,15-18H2,1-4H3/b6-5-,19-7+. The molecule has 31 heavy (non-hydrogen) atoms. The molecule has 5 nitrogen and oxygen atoms in total. The van der Waals surface area contributed by atoms with Gasteiger partial charge in [0.2, 0.25) is 0 Å². The third kappa shape index (κ3) is 3.51. The Morgan fingerprint density at radius 2 is 1.97 bits per heavy atom. The number of rotatable bonds is 7. The largest absolute Gasteiger partial charge is 0.325 e. The van der Waals surface area contributed by atoms with Crippen LogP contribution in [0.25, 0.3) is 0 Å². The maximum atomic E-state index is 13.6. The SMILES string of the molecule is C/C=C\C=C(/C)C1(N(C)C)CC2(CN(c3ccc(C4CC4)nc3)C(=O)N2CC2CC2)C1. The quantitative estimate of drug-likeness (QED) is 0.585. The van der Waals surface area contributed by atoms with E-state index in [0.29, 0.717) is 11.8 Å². The summed E-state index contributed by atoms with van der Waals surface area (Å²) in [6.45, 7) is 5.98. The van der Waals surface area contributed by atoms with E-state index in [1.54, 1.807) is 0 Å². The van der Waals surface area contributed by atoms with Crippen LogP contribution in [-0.4, -0.2) is 59.1 Å². The Morgan fingerprint density at radius 1 is 1.23 bits per heavy atom. The molecule has 2 heterocycles. The molecule has 0 unspecified atom stereocenters. The summed E-state index contributed by atoms with van der Waals surface area (Å²) in [5.74, 6) is 1.32. The van der Waals surface area contributed by atoms with E-state index in [9.17, 15) is 4.79 Å². The maximum absolute atomic E-state index is 13.6. The zero-order chi connectivity index (χ0) is 21.8. The summed E-state index contributed by atoms with van der Waals surface area (Å²) < 4.78 is 0. The fourth-order valence-electron chi connectivity index (χ4n) is 5.69. The van der Waals surface area contributed by atoms with Gasteiger partial charge in [-0.25, -0.2) is 4.79 Å². The molecule has 5 rings (SSSR count). The molecule has 0 aromatic carbocycles. The summed E-state index contributed by atoms with van der Waals surface area (Å²) in [7, 11) is 4.36. The van der Waals surface area contributed by atoms with Crippen LogP contribution in [0.5, 0.6) is 0 Å². The van der Waals surface area contributed by atoms with Crippen LogP contribution in [0, 0.1) is 5.92 Å². The van der Waals surface area contributed by atoms with Crippen molar-refractivity contribution >= 4 is 11.7 Å². The number of hydrogen-bond donors (Lipinski definition) is 0. The van der Waals surface area contributed by atoms with Crippen LogP contribution in [0.2, 0.25) is 0 Å². The molecule has 3 aliphatic carbocycles. The number of urea groups is 1. The molecule has 0 N–H and O–H groups in total. The van der Waals surface area contributed by atoms with Gasteiger partial charge >= 0.3 is 6.03 Å². The Labute approximate surface area is 186 Å². The predicted octanol–water partition coefficient (Wildman–Crippen LogP) is 4.97. The molecule has 1 spiro atoms. The summed E-state index contributed by atoms with van der Waals surface area (Å²) in [6, 6.07) is 4.42. The second kappa shape index (κ2) is 7.47. The lowest BCUT2D eigenvalue weighted by Crippen LogP contribution is -2.70. The van der Waals surface area contributed by atoms with Gasteiger partial charge in [-0.05, 0) is 84.5 Å². The van der Waals surface area contributed by atoms with Crippen LogP contribution >= 0.6 is 0 Å². The lowest BCUT2D eigenvalue weighted by atomic mass is 9.58. The first-order valence-corrected chi connectivity index (χ1v) is 11.9. The smallest absolute Gasteiger partial charge is 0.316 e. The number of likely N-dealkylation sites (N-methyl/N-ethyl adjacent to an activating group) is 1. The van der Waals surface area contributed by atoms with E-state index < -0.39 is 0 Å². The highest BCUT2D eigenvalue weighted by atomic mass is 16.2. The van der Waals surface area contributed by atoms with E-state index in [1.165, 1.54) is 37.0 Å². The molecule has 166 valence electrons. The molecule has 4 aliphatic rings.